The van der Waals surface area contributed by atoms with E-state index in [1.54, 1.807) is 0 Å². The molecule has 0 N–H and O–H groups in total. The van der Waals surface area contributed by atoms with Gasteiger partial charge in [-0.3, -0.25) is 0 Å². The van der Waals surface area contributed by atoms with E-state index in [0.717, 1.165) is 46.1 Å². The Morgan fingerprint density at radius 2 is 1.62 bits per heavy atom. The van der Waals surface area contributed by atoms with E-state index in [9.17, 15) is 0 Å². The molecular formula is C19H17N3O2. The van der Waals surface area contributed by atoms with E-state index in [2.05, 4.69) is 22.8 Å². The van der Waals surface area contributed by atoms with Gasteiger partial charge in [0.05, 0.1) is 29.8 Å². The fourth-order valence-electron chi connectivity index (χ4n) is 3.42. The molecule has 5 rings (SSSR count). The van der Waals surface area contributed by atoms with Crippen LogP contribution in [-0.4, -0.2) is 34.0 Å². The Morgan fingerprint density at radius 1 is 0.917 bits per heavy atom. The van der Waals surface area contributed by atoms with E-state index in [4.69, 9.17) is 19.4 Å². The Hall–Kier alpha value is -2.50. The molecule has 3 heterocycles. The molecule has 1 aliphatic heterocycles. The highest BCUT2D eigenvalue weighted by Crippen LogP contribution is 2.28. The molecule has 0 aliphatic carbocycles. The molecule has 0 amide bonds. The Bertz CT molecular complexity index is 1030. The lowest BCUT2D eigenvalue weighted by atomic mass is 10.2. The lowest BCUT2D eigenvalue weighted by Crippen LogP contribution is -2.12. The predicted molar refractivity (Wildman–Crippen MR) is 92.8 cm³/mol. The van der Waals surface area contributed by atoms with Crippen molar-refractivity contribution in [2.45, 2.75) is 19.3 Å². The Balaban J connectivity index is 1.70. The van der Waals surface area contributed by atoms with Crippen LogP contribution in [0, 0.1) is 0 Å². The molecule has 2 aromatic heterocycles. The fourth-order valence-corrected chi connectivity index (χ4v) is 3.42. The normalized spacial score (nSPS) is 15.8. The number of aromatic nitrogens is 3. The molecule has 0 spiro atoms. The van der Waals surface area contributed by atoms with Gasteiger partial charge in [0.2, 0.25) is 0 Å². The molecule has 24 heavy (non-hydrogen) atoms. The van der Waals surface area contributed by atoms with E-state index in [0.29, 0.717) is 13.2 Å². The van der Waals surface area contributed by atoms with Crippen LogP contribution in [0.4, 0.5) is 0 Å². The lowest BCUT2D eigenvalue weighted by molar-refractivity contribution is -0.0487. The maximum absolute atomic E-state index is 5.57. The molecule has 120 valence electrons. The first-order valence-corrected chi connectivity index (χ1v) is 8.27. The zero-order valence-corrected chi connectivity index (χ0v) is 13.2. The summed E-state index contributed by atoms with van der Waals surface area (Å²) in [4.78, 5) is 9.74. The molecule has 0 radical (unpaired) electrons. The predicted octanol–water partition coefficient (Wildman–Crippen LogP) is 3.50. The monoisotopic (exact) mass is 319 g/mol. The number of hydrogen-bond donors (Lipinski definition) is 0. The highest BCUT2D eigenvalue weighted by Gasteiger charge is 2.18. The van der Waals surface area contributed by atoms with Gasteiger partial charge in [-0.2, -0.15) is 0 Å². The third-order valence-electron chi connectivity index (χ3n) is 4.54. The third-order valence-corrected chi connectivity index (χ3v) is 4.54. The van der Waals surface area contributed by atoms with Crippen LogP contribution >= 0.6 is 0 Å². The van der Waals surface area contributed by atoms with Gasteiger partial charge < -0.3 is 14.0 Å². The Kier molecular flexibility index (Phi) is 3.21. The summed E-state index contributed by atoms with van der Waals surface area (Å²) in [5.41, 5.74) is 4.88. The molecule has 5 nitrogen and oxygen atoms in total. The van der Waals surface area contributed by atoms with Crippen molar-refractivity contribution in [1.29, 1.82) is 0 Å². The quantitative estimate of drug-likeness (QED) is 0.580. The summed E-state index contributed by atoms with van der Waals surface area (Å²) < 4.78 is 13.4. The Morgan fingerprint density at radius 3 is 2.46 bits per heavy atom. The summed E-state index contributed by atoms with van der Waals surface area (Å²) in [6.45, 7) is 2.16. The van der Waals surface area contributed by atoms with Gasteiger partial charge in [-0.25, -0.2) is 9.97 Å². The van der Waals surface area contributed by atoms with Gasteiger partial charge in [0, 0.05) is 18.4 Å². The molecule has 1 saturated heterocycles. The fraction of sp³-hybridized carbons (Fsp3) is 0.263. The van der Waals surface area contributed by atoms with Gasteiger partial charge in [0.25, 0.3) is 0 Å². The molecule has 0 saturated carbocycles. The minimum atomic E-state index is -0.116. The van der Waals surface area contributed by atoms with Crippen molar-refractivity contribution in [3.8, 4) is 0 Å². The lowest BCUT2D eigenvalue weighted by Gasteiger charge is -2.11. The average Bonchev–Trinajstić information content (AvgIpc) is 3.24. The summed E-state index contributed by atoms with van der Waals surface area (Å²) in [5.74, 6) is 0. The number of aryl methyl sites for hydroxylation is 1. The van der Waals surface area contributed by atoms with Crippen LogP contribution in [0.2, 0.25) is 0 Å². The third kappa shape index (κ3) is 2.17. The van der Waals surface area contributed by atoms with Gasteiger partial charge in [-0.15, -0.1) is 0 Å². The highest BCUT2D eigenvalue weighted by molar-refractivity contribution is 6.06. The number of benzene rings is 2. The van der Waals surface area contributed by atoms with Crippen molar-refractivity contribution in [2.24, 2.45) is 0 Å². The van der Waals surface area contributed by atoms with Crippen LogP contribution in [0.5, 0.6) is 0 Å². The van der Waals surface area contributed by atoms with E-state index in [1.165, 1.54) is 0 Å². The number of rotatable bonds is 3. The average molecular weight is 319 g/mol. The number of ether oxygens (including phenoxy) is 2. The van der Waals surface area contributed by atoms with Gasteiger partial charge in [-0.1, -0.05) is 30.3 Å². The number of fused-ring (bicyclic) bond motifs is 4. The summed E-state index contributed by atoms with van der Waals surface area (Å²) in [7, 11) is 0. The van der Waals surface area contributed by atoms with Crippen LogP contribution in [0.15, 0.2) is 48.5 Å². The zero-order valence-electron chi connectivity index (χ0n) is 13.2. The van der Waals surface area contributed by atoms with Crippen molar-refractivity contribution in [2.75, 3.05) is 13.2 Å². The van der Waals surface area contributed by atoms with Gasteiger partial charge in [-0.05, 0) is 18.2 Å². The summed E-state index contributed by atoms with van der Waals surface area (Å²) in [5, 5.41) is 1.14. The molecule has 1 aliphatic rings. The van der Waals surface area contributed by atoms with E-state index < -0.39 is 0 Å². The van der Waals surface area contributed by atoms with Crippen LogP contribution in [-0.2, 0) is 16.0 Å². The Labute approximate surface area is 138 Å². The summed E-state index contributed by atoms with van der Waals surface area (Å²) >= 11 is 0. The molecular weight excluding hydrogens is 302 g/mol. The van der Waals surface area contributed by atoms with E-state index in [-0.39, 0.29) is 6.29 Å². The molecule has 1 fully saturated rings. The number of hydrogen-bond acceptors (Lipinski definition) is 4. The first-order valence-electron chi connectivity index (χ1n) is 8.27. The summed E-state index contributed by atoms with van der Waals surface area (Å²) in [6, 6.07) is 16.3. The van der Waals surface area contributed by atoms with Gasteiger partial charge >= 0.3 is 0 Å². The first-order chi connectivity index (χ1) is 11.9. The topological polar surface area (TPSA) is 49.2 Å². The van der Waals surface area contributed by atoms with Crippen LogP contribution in [0.1, 0.15) is 6.42 Å². The van der Waals surface area contributed by atoms with Crippen molar-refractivity contribution in [3.63, 3.8) is 0 Å². The molecule has 5 heteroatoms. The highest BCUT2D eigenvalue weighted by atomic mass is 16.7. The largest absolute Gasteiger partial charge is 0.350 e. The standard InChI is InChI=1S/C19H17N3O2/c1-4-8-16-13(5-1)18-19(21-15-7-3-2-6-14(15)20-18)22(16)10-9-17-23-11-12-24-17/h1-8,17H,9-12H2. The summed E-state index contributed by atoms with van der Waals surface area (Å²) in [6.07, 6.45) is 0.692. The first kappa shape index (κ1) is 13.9. The van der Waals surface area contributed by atoms with Crippen molar-refractivity contribution in [3.05, 3.63) is 48.5 Å². The maximum Gasteiger partial charge on any atom is 0.160 e. The SMILES string of the molecule is c1ccc2nc3c(nc2c1)c1ccccc1n3CCC1OCCO1. The van der Waals surface area contributed by atoms with E-state index in [1.807, 2.05) is 30.3 Å². The molecule has 2 aromatic carbocycles. The maximum atomic E-state index is 5.57. The minimum Gasteiger partial charge on any atom is -0.350 e. The number of nitrogens with zero attached hydrogens (tertiary/aromatic N) is 3. The van der Waals surface area contributed by atoms with Gasteiger partial charge in [0.1, 0.15) is 5.52 Å². The van der Waals surface area contributed by atoms with Gasteiger partial charge in [0.15, 0.2) is 11.9 Å². The number of para-hydroxylation sites is 3. The smallest absolute Gasteiger partial charge is 0.160 e. The van der Waals surface area contributed by atoms with Crippen LogP contribution < -0.4 is 0 Å². The van der Waals surface area contributed by atoms with Crippen molar-refractivity contribution < 1.29 is 9.47 Å². The minimum absolute atomic E-state index is 0.116. The second-order valence-electron chi connectivity index (χ2n) is 6.01. The molecule has 4 aromatic rings. The van der Waals surface area contributed by atoms with Crippen molar-refractivity contribution >= 4 is 33.1 Å². The zero-order chi connectivity index (χ0) is 15.9. The second-order valence-corrected chi connectivity index (χ2v) is 6.01. The second kappa shape index (κ2) is 5.54. The molecule has 0 unspecified atom stereocenters. The van der Waals surface area contributed by atoms with Crippen LogP contribution in [0.25, 0.3) is 33.1 Å². The molecule has 0 bridgehead atoms. The molecule has 0 atom stereocenters. The van der Waals surface area contributed by atoms with Crippen molar-refractivity contribution in [1.82, 2.24) is 14.5 Å². The van der Waals surface area contributed by atoms with Crippen LogP contribution in [0.3, 0.4) is 0 Å². The van der Waals surface area contributed by atoms with E-state index >= 15 is 0 Å².